The number of halogens is 1. The molecule has 0 heterocycles. The lowest BCUT2D eigenvalue weighted by Crippen LogP contribution is -2.10. The van der Waals surface area contributed by atoms with Crippen molar-refractivity contribution in [2.45, 2.75) is 19.9 Å². The SMILES string of the molecule is CCOCOc1ccc(Cl)cc1[C@@H](C)N. The van der Waals surface area contributed by atoms with Crippen LogP contribution in [0.4, 0.5) is 0 Å². The Kier molecular flexibility index (Phi) is 4.88. The van der Waals surface area contributed by atoms with Gasteiger partial charge in [0.1, 0.15) is 5.75 Å². The maximum absolute atomic E-state index is 5.88. The number of hydrogen-bond donors (Lipinski definition) is 1. The second kappa shape index (κ2) is 5.95. The van der Waals surface area contributed by atoms with E-state index >= 15 is 0 Å². The Labute approximate surface area is 95.1 Å². The molecule has 0 aliphatic heterocycles. The molecule has 1 rings (SSSR count). The van der Waals surface area contributed by atoms with Gasteiger partial charge in [-0.2, -0.15) is 0 Å². The van der Waals surface area contributed by atoms with Gasteiger partial charge >= 0.3 is 0 Å². The van der Waals surface area contributed by atoms with Crippen LogP contribution in [0.1, 0.15) is 25.5 Å². The second-order valence-electron chi connectivity index (χ2n) is 3.23. The van der Waals surface area contributed by atoms with Gasteiger partial charge in [0, 0.05) is 23.2 Å². The Balaban J connectivity index is 2.77. The minimum Gasteiger partial charge on any atom is -0.467 e. The highest BCUT2D eigenvalue weighted by atomic mass is 35.5. The first-order valence-corrected chi connectivity index (χ1v) is 5.28. The molecule has 0 aliphatic carbocycles. The van der Waals surface area contributed by atoms with Crippen LogP contribution in [0.25, 0.3) is 0 Å². The summed E-state index contributed by atoms with van der Waals surface area (Å²) in [6, 6.07) is 5.28. The average Bonchev–Trinajstić information content (AvgIpc) is 2.20. The Morgan fingerprint density at radius 3 is 2.80 bits per heavy atom. The van der Waals surface area contributed by atoms with Gasteiger partial charge in [-0.1, -0.05) is 11.6 Å². The Bertz CT molecular complexity index is 315. The monoisotopic (exact) mass is 229 g/mol. The Morgan fingerprint density at radius 2 is 2.20 bits per heavy atom. The summed E-state index contributed by atoms with van der Waals surface area (Å²) in [7, 11) is 0. The van der Waals surface area contributed by atoms with Gasteiger partial charge in [0.05, 0.1) is 0 Å². The fourth-order valence-electron chi connectivity index (χ4n) is 1.20. The highest BCUT2D eigenvalue weighted by Gasteiger charge is 2.08. The van der Waals surface area contributed by atoms with Crippen molar-refractivity contribution in [3.63, 3.8) is 0 Å². The van der Waals surface area contributed by atoms with Gasteiger partial charge < -0.3 is 15.2 Å². The normalized spacial score (nSPS) is 12.5. The van der Waals surface area contributed by atoms with E-state index < -0.39 is 0 Å². The minimum absolute atomic E-state index is 0.111. The number of rotatable bonds is 5. The van der Waals surface area contributed by atoms with Crippen LogP contribution >= 0.6 is 11.6 Å². The van der Waals surface area contributed by atoms with Crippen molar-refractivity contribution in [1.29, 1.82) is 0 Å². The van der Waals surface area contributed by atoms with Crippen LogP contribution in [0.3, 0.4) is 0 Å². The fraction of sp³-hybridized carbons (Fsp3) is 0.455. The van der Waals surface area contributed by atoms with E-state index in [1.165, 1.54) is 0 Å². The summed E-state index contributed by atoms with van der Waals surface area (Å²) >= 11 is 5.88. The number of benzene rings is 1. The summed E-state index contributed by atoms with van der Waals surface area (Å²) in [4.78, 5) is 0. The van der Waals surface area contributed by atoms with Crippen LogP contribution < -0.4 is 10.5 Å². The van der Waals surface area contributed by atoms with E-state index in [-0.39, 0.29) is 12.8 Å². The molecule has 1 atom stereocenters. The van der Waals surface area contributed by atoms with Crippen molar-refractivity contribution in [3.05, 3.63) is 28.8 Å². The third-order valence-corrected chi connectivity index (χ3v) is 2.20. The molecule has 1 aromatic carbocycles. The van der Waals surface area contributed by atoms with Gasteiger partial charge in [0.25, 0.3) is 0 Å². The van der Waals surface area contributed by atoms with Gasteiger partial charge in [-0.05, 0) is 32.0 Å². The van der Waals surface area contributed by atoms with Gasteiger partial charge in [0.2, 0.25) is 0 Å². The number of hydrogen-bond acceptors (Lipinski definition) is 3. The van der Waals surface area contributed by atoms with E-state index in [9.17, 15) is 0 Å². The smallest absolute Gasteiger partial charge is 0.189 e. The molecule has 0 radical (unpaired) electrons. The molecule has 4 heteroatoms. The van der Waals surface area contributed by atoms with Gasteiger partial charge in [0.15, 0.2) is 6.79 Å². The molecule has 0 saturated carbocycles. The molecular weight excluding hydrogens is 214 g/mol. The molecule has 0 fully saturated rings. The quantitative estimate of drug-likeness (QED) is 0.624. The molecule has 0 bridgehead atoms. The van der Waals surface area contributed by atoms with Crippen LogP contribution in [0.15, 0.2) is 18.2 Å². The van der Waals surface area contributed by atoms with Crippen molar-refractivity contribution < 1.29 is 9.47 Å². The summed E-state index contributed by atoms with van der Waals surface area (Å²) in [5.74, 6) is 0.725. The molecule has 15 heavy (non-hydrogen) atoms. The highest BCUT2D eigenvalue weighted by Crippen LogP contribution is 2.27. The largest absolute Gasteiger partial charge is 0.467 e. The molecule has 0 unspecified atom stereocenters. The predicted molar refractivity (Wildman–Crippen MR) is 61.2 cm³/mol. The predicted octanol–water partition coefficient (Wildman–Crippen LogP) is 2.73. The summed E-state index contributed by atoms with van der Waals surface area (Å²) in [6.07, 6.45) is 0. The molecule has 0 amide bonds. The summed E-state index contributed by atoms with van der Waals surface area (Å²) in [5, 5.41) is 0.658. The lowest BCUT2D eigenvalue weighted by Gasteiger charge is -2.14. The maximum atomic E-state index is 5.88. The Hall–Kier alpha value is -0.770. The van der Waals surface area contributed by atoms with Gasteiger partial charge in [-0.3, -0.25) is 0 Å². The van der Waals surface area contributed by atoms with E-state index in [2.05, 4.69) is 0 Å². The Morgan fingerprint density at radius 1 is 1.47 bits per heavy atom. The van der Waals surface area contributed by atoms with Crippen LogP contribution in [-0.4, -0.2) is 13.4 Å². The van der Waals surface area contributed by atoms with Crippen LogP contribution in [-0.2, 0) is 4.74 Å². The zero-order valence-electron chi connectivity index (χ0n) is 9.00. The number of nitrogens with two attached hydrogens (primary N) is 1. The van der Waals surface area contributed by atoms with E-state index in [0.29, 0.717) is 11.6 Å². The van der Waals surface area contributed by atoms with Crippen molar-refractivity contribution in [1.82, 2.24) is 0 Å². The van der Waals surface area contributed by atoms with Crippen molar-refractivity contribution >= 4 is 11.6 Å². The van der Waals surface area contributed by atoms with Gasteiger partial charge in [-0.15, -0.1) is 0 Å². The molecule has 3 nitrogen and oxygen atoms in total. The van der Waals surface area contributed by atoms with Gasteiger partial charge in [-0.25, -0.2) is 0 Å². The molecule has 0 saturated heterocycles. The van der Waals surface area contributed by atoms with Crippen molar-refractivity contribution in [2.75, 3.05) is 13.4 Å². The third-order valence-electron chi connectivity index (χ3n) is 1.96. The molecular formula is C11H16ClNO2. The summed E-state index contributed by atoms with van der Waals surface area (Å²) in [5.41, 5.74) is 6.70. The number of ether oxygens (including phenoxy) is 2. The van der Waals surface area contributed by atoms with Crippen molar-refractivity contribution in [2.24, 2.45) is 5.73 Å². The molecule has 1 aromatic rings. The first kappa shape index (κ1) is 12.3. The van der Waals surface area contributed by atoms with Crippen LogP contribution in [0.2, 0.25) is 5.02 Å². The van der Waals surface area contributed by atoms with E-state index in [1.807, 2.05) is 19.9 Å². The van der Waals surface area contributed by atoms with E-state index in [1.54, 1.807) is 12.1 Å². The summed E-state index contributed by atoms with van der Waals surface area (Å²) in [6.45, 7) is 4.66. The van der Waals surface area contributed by atoms with Crippen LogP contribution in [0, 0.1) is 0 Å². The zero-order chi connectivity index (χ0) is 11.3. The fourth-order valence-corrected chi connectivity index (χ4v) is 1.38. The molecule has 2 N–H and O–H groups in total. The average molecular weight is 230 g/mol. The topological polar surface area (TPSA) is 44.5 Å². The molecule has 0 aliphatic rings. The van der Waals surface area contributed by atoms with Crippen molar-refractivity contribution in [3.8, 4) is 5.75 Å². The summed E-state index contributed by atoms with van der Waals surface area (Å²) < 4.78 is 10.5. The first-order chi connectivity index (χ1) is 7.15. The highest BCUT2D eigenvalue weighted by molar-refractivity contribution is 6.30. The maximum Gasteiger partial charge on any atom is 0.189 e. The first-order valence-electron chi connectivity index (χ1n) is 4.90. The van der Waals surface area contributed by atoms with E-state index in [4.69, 9.17) is 26.8 Å². The standard InChI is InChI=1S/C11H16ClNO2/c1-3-14-7-15-11-5-4-9(12)6-10(11)8(2)13/h4-6,8H,3,7,13H2,1-2H3/t8-/m1/s1. The zero-order valence-corrected chi connectivity index (χ0v) is 9.75. The third kappa shape index (κ3) is 3.70. The molecule has 0 spiro atoms. The van der Waals surface area contributed by atoms with E-state index in [0.717, 1.165) is 11.3 Å². The van der Waals surface area contributed by atoms with Crippen LogP contribution in [0.5, 0.6) is 5.75 Å². The lowest BCUT2D eigenvalue weighted by molar-refractivity contribution is 0.0217. The lowest BCUT2D eigenvalue weighted by atomic mass is 10.1. The molecule has 84 valence electrons. The molecule has 0 aromatic heterocycles. The minimum atomic E-state index is -0.111. The second-order valence-corrected chi connectivity index (χ2v) is 3.66.